The molecule has 0 amide bonds. The van der Waals surface area contributed by atoms with Crippen molar-refractivity contribution in [2.24, 2.45) is 11.8 Å². The summed E-state index contributed by atoms with van der Waals surface area (Å²) in [4.78, 5) is 5.25. The molecule has 5 heterocycles. The van der Waals surface area contributed by atoms with Gasteiger partial charge in [-0.2, -0.15) is 0 Å². The maximum atomic E-state index is 11.6. The van der Waals surface area contributed by atoms with Gasteiger partial charge in [0.2, 0.25) is 0 Å². The predicted octanol–water partition coefficient (Wildman–Crippen LogP) is 2.16. The van der Waals surface area contributed by atoms with Crippen LogP contribution in [-0.2, 0) is 5.41 Å². The quantitative estimate of drug-likeness (QED) is 0.744. The van der Waals surface area contributed by atoms with Crippen molar-refractivity contribution in [1.82, 2.24) is 4.90 Å². The number of likely N-dealkylation sites (N-methyl/N-ethyl adjacent to an activating group) is 1. The summed E-state index contributed by atoms with van der Waals surface area (Å²) in [5, 5.41) is 11.6. The summed E-state index contributed by atoms with van der Waals surface area (Å²) in [7, 11) is 2.25. The van der Waals surface area contributed by atoms with Gasteiger partial charge in [-0.1, -0.05) is 29.8 Å². The summed E-state index contributed by atoms with van der Waals surface area (Å²) in [6.07, 6.45) is 4.51. The van der Waals surface area contributed by atoms with Crippen LogP contribution in [0.15, 0.2) is 35.9 Å². The Morgan fingerprint density at radius 3 is 2.91 bits per heavy atom. The number of hydrogen-bond donors (Lipinski definition) is 1. The lowest BCUT2D eigenvalue weighted by atomic mass is 9.65. The summed E-state index contributed by atoms with van der Waals surface area (Å²) in [6, 6.07) is 10.5. The third kappa shape index (κ3) is 1.17. The van der Waals surface area contributed by atoms with E-state index in [0.29, 0.717) is 30.0 Å². The van der Waals surface area contributed by atoms with Crippen molar-refractivity contribution >= 4 is 5.69 Å². The van der Waals surface area contributed by atoms with E-state index < -0.39 is 0 Å². The maximum absolute atomic E-state index is 11.6. The molecular formula is C20H24N2O. The number of aliphatic hydroxyl groups is 1. The van der Waals surface area contributed by atoms with Crippen LogP contribution in [0.2, 0.25) is 0 Å². The van der Waals surface area contributed by atoms with Gasteiger partial charge >= 0.3 is 0 Å². The van der Waals surface area contributed by atoms with Crippen molar-refractivity contribution in [3.05, 3.63) is 41.5 Å². The molecule has 1 aliphatic carbocycles. The van der Waals surface area contributed by atoms with Crippen LogP contribution in [-0.4, -0.2) is 47.8 Å². The van der Waals surface area contributed by atoms with E-state index >= 15 is 0 Å². The number of piperidine rings is 4. The van der Waals surface area contributed by atoms with Gasteiger partial charge in [-0.3, -0.25) is 4.90 Å². The molecule has 6 aliphatic rings. The summed E-state index contributed by atoms with van der Waals surface area (Å²) < 4.78 is 0. The van der Waals surface area contributed by atoms with Crippen LogP contribution in [0.4, 0.5) is 5.69 Å². The van der Waals surface area contributed by atoms with Gasteiger partial charge in [0.15, 0.2) is 0 Å². The molecule has 4 saturated heterocycles. The first-order valence-corrected chi connectivity index (χ1v) is 9.09. The number of rotatable bonds is 0. The first-order valence-electron chi connectivity index (χ1n) is 9.09. The molecule has 1 saturated carbocycles. The lowest BCUT2D eigenvalue weighted by molar-refractivity contribution is -0.0345. The van der Waals surface area contributed by atoms with E-state index in [2.05, 4.69) is 54.1 Å². The monoisotopic (exact) mass is 308 g/mol. The molecule has 0 aromatic heterocycles. The standard InChI is InChI=1S/C20H24N2O/c1-3-11-10-22-15-8-12(11)17-16(22)9-20(19(17)23)13-6-4-5-7-14(13)21(2)18(15)20/h3-7,12,15-19,23H,8-10H2,1-2H3/b11-3-/t12?,15-,16-,17?,18-,19+,20+/m0/s1. The first-order chi connectivity index (χ1) is 11.2. The van der Waals surface area contributed by atoms with Crippen LogP contribution < -0.4 is 4.90 Å². The number of nitrogens with zero attached hydrogens (tertiary/aromatic N) is 2. The fourth-order valence-corrected chi connectivity index (χ4v) is 7.35. The van der Waals surface area contributed by atoms with E-state index in [1.54, 1.807) is 5.57 Å². The second-order valence-corrected chi connectivity index (χ2v) is 8.35. The van der Waals surface area contributed by atoms with E-state index in [4.69, 9.17) is 0 Å². The van der Waals surface area contributed by atoms with E-state index in [-0.39, 0.29) is 11.5 Å². The van der Waals surface area contributed by atoms with Gasteiger partial charge in [0.1, 0.15) is 0 Å². The average Bonchev–Trinajstić information content (AvgIpc) is 2.98. The second kappa shape index (κ2) is 3.84. The molecule has 3 heteroatoms. The van der Waals surface area contributed by atoms with Gasteiger partial charge in [-0.25, -0.2) is 0 Å². The van der Waals surface area contributed by atoms with E-state index in [1.807, 2.05) is 0 Å². The van der Waals surface area contributed by atoms with Gasteiger partial charge in [0.25, 0.3) is 0 Å². The molecule has 1 spiro atoms. The summed E-state index contributed by atoms with van der Waals surface area (Å²) in [5.74, 6) is 1.05. The molecule has 120 valence electrons. The largest absolute Gasteiger partial charge is 0.392 e. The summed E-state index contributed by atoms with van der Waals surface area (Å²) in [6.45, 7) is 3.31. The zero-order chi connectivity index (χ0) is 15.5. The van der Waals surface area contributed by atoms with Gasteiger partial charge in [0, 0.05) is 42.7 Å². The summed E-state index contributed by atoms with van der Waals surface area (Å²) >= 11 is 0. The van der Waals surface area contributed by atoms with E-state index in [9.17, 15) is 5.11 Å². The fraction of sp³-hybridized carbons (Fsp3) is 0.600. The number of anilines is 1. The average molecular weight is 308 g/mol. The van der Waals surface area contributed by atoms with Crippen molar-refractivity contribution in [2.45, 2.75) is 49.4 Å². The number of benzene rings is 1. The number of hydrogen-bond acceptors (Lipinski definition) is 3. The Hall–Kier alpha value is -1.32. The van der Waals surface area contributed by atoms with E-state index in [1.165, 1.54) is 17.7 Å². The highest BCUT2D eigenvalue weighted by atomic mass is 16.3. The third-order valence-electron chi connectivity index (χ3n) is 8.00. The van der Waals surface area contributed by atoms with Crippen molar-refractivity contribution in [3.8, 4) is 0 Å². The van der Waals surface area contributed by atoms with Crippen LogP contribution in [0.5, 0.6) is 0 Å². The van der Waals surface area contributed by atoms with Crippen LogP contribution in [0, 0.1) is 11.8 Å². The Labute approximate surface area is 137 Å². The molecule has 5 fully saturated rings. The molecular weight excluding hydrogens is 284 g/mol. The van der Waals surface area contributed by atoms with Crippen LogP contribution in [0.3, 0.4) is 0 Å². The molecule has 5 aliphatic heterocycles. The molecule has 7 rings (SSSR count). The normalized spacial score (nSPS) is 53.1. The van der Waals surface area contributed by atoms with Crippen LogP contribution in [0.1, 0.15) is 25.3 Å². The molecule has 3 unspecified atom stereocenters. The Morgan fingerprint density at radius 2 is 2.09 bits per heavy atom. The van der Waals surface area contributed by atoms with Crippen LogP contribution >= 0.6 is 0 Å². The number of aliphatic hydroxyl groups excluding tert-OH is 1. The molecule has 3 nitrogen and oxygen atoms in total. The van der Waals surface area contributed by atoms with Gasteiger partial charge < -0.3 is 10.0 Å². The summed E-state index contributed by atoms with van der Waals surface area (Å²) in [5.41, 5.74) is 4.32. The molecule has 1 aromatic carbocycles. The lowest BCUT2D eigenvalue weighted by Gasteiger charge is -2.58. The lowest BCUT2D eigenvalue weighted by Crippen LogP contribution is -2.68. The smallest absolute Gasteiger partial charge is 0.0707 e. The Bertz CT molecular complexity index is 743. The van der Waals surface area contributed by atoms with Crippen molar-refractivity contribution in [3.63, 3.8) is 0 Å². The minimum Gasteiger partial charge on any atom is -0.392 e. The van der Waals surface area contributed by atoms with Gasteiger partial charge in [-0.05, 0) is 37.3 Å². The zero-order valence-electron chi connectivity index (χ0n) is 13.8. The molecule has 23 heavy (non-hydrogen) atoms. The number of para-hydroxylation sites is 1. The molecule has 1 N–H and O–H groups in total. The number of allylic oxidation sites excluding steroid dienone is 1. The molecule has 0 radical (unpaired) electrons. The van der Waals surface area contributed by atoms with Gasteiger partial charge in [0.05, 0.1) is 12.1 Å². The topological polar surface area (TPSA) is 26.7 Å². The maximum Gasteiger partial charge on any atom is 0.0707 e. The van der Waals surface area contributed by atoms with Gasteiger partial charge in [-0.15, -0.1) is 0 Å². The fourth-order valence-electron chi connectivity index (χ4n) is 7.35. The van der Waals surface area contributed by atoms with Crippen molar-refractivity contribution in [2.75, 3.05) is 18.5 Å². The Morgan fingerprint density at radius 1 is 1.26 bits per heavy atom. The third-order valence-corrected chi connectivity index (χ3v) is 8.00. The van der Waals surface area contributed by atoms with E-state index in [0.717, 1.165) is 13.0 Å². The Kier molecular flexibility index (Phi) is 2.17. The Balaban J connectivity index is 1.62. The van der Waals surface area contributed by atoms with Crippen LogP contribution in [0.25, 0.3) is 0 Å². The molecule has 5 bridgehead atoms. The number of fused-ring (bicyclic) bond motifs is 2. The highest BCUT2D eigenvalue weighted by Crippen LogP contribution is 2.67. The highest BCUT2D eigenvalue weighted by Gasteiger charge is 2.74. The SMILES string of the molecule is C/C=C1/CN2[C@H]3C[C@@]45c6ccccc6N(C)[C@H]4[C@@H]2CC1C3[C@H]5O. The first kappa shape index (κ1) is 13.0. The minimum atomic E-state index is -0.196. The molecule has 8 atom stereocenters. The second-order valence-electron chi connectivity index (χ2n) is 8.35. The predicted molar refractivity (Wildman–Crippen MR) is 90.6 cm³/mol. The van der Waals surface area contributed by atoms with Crippen molar-refractivity contribution in [1.29, 1.82) is 0 Å². The minimum absolute atomic E-state index is 0.0280. The van der Waals surface area contributed by atoms with Crippen molar-refractivity contribution < 1.29 is 5.11 Å². The highest BCUT2D eigenvalue weighted by molar-refractivity contribution is 5.67. The molecule has 1 aromatic rings. The zero-order valence-corrected chi connectivity index (χ0v) is 13.8.